The zero-order valence-corrected chi connectivity index (χ0v) is 11.8. The number of hydrogen-bond acceptors (Lipinski definition) is 2. The average Bonchev–Trinajstić information content (AvgIpc) is 3.01. The Balaban J connectivity index is 2.00. The molecule has 2 N–H and O–H groups in total. The number of rotatable bonds is 3. The molecule has 0 bridgehead atoms. The number of nitrogens with one attached hydrogen (secondary N) is 2. The third-order valence-electron chi connectivity index (χ3n) is 3.06. The van der Waals surface area contributed by atoms with Crippen LogP contribution in [-0.4, -0.2) is 15.9 Å². The molecule has 0 atom stereocenters. The van der Waals surface area contributed by atoms with Crippen molar-refractivity contribution >= 4 is 23.3 Å². The van der Waals surface area contributed by atoms with Gasteiger partial charge in [-0.15, -0.1) is 0 Å². The first-order valence-electron chi connectivity index (χ1n) is 6.39. The van der Waals surface area contributed by atoms with E-state index in [-0.39, 0.29) is 5.91 Å². The van der Waals surface area contributed by atoms with E-state index in [2.05, 4.69) is 15.3 Å². The molecule has 0 aliphatic rings. The van der Waals surface area contributed by atoms with Crippen LogP contribution in [0.4, 0.5) is 5.82 Å². The fourth-order valence-corrected chi connectivity index (χ4v) is 2.26. The lowest BCUT2D eigenvalue weighted by molar-refractivity contribution is 0.102. The van der Waals surface area contributed by atoms with Gasteiger partial charge in [-0.05, 0) is 29.3 Å². The fourth-order valence-electron chi connectivity index (χ4n) is 2.08. The number of imidazole rings is 1. The number of carbonyl (C=O) groups is 1. The van der Waals surface area contributed by atoms with Gasteiger partial charge >= 0.3 is 0 Å². The number of H-pyrrole nitrogens is 1. The van der Waals surface area contributed by atoms with Gasteiger partial charge in [-0.2, -0.15) is 0 Å². The van der Waals surface area contributed by atoms with Crippen LogP contribution in [-0.2, 0) is 0 Å². The van der Waals surface area contributed by atoms with Crippen LogP contribution in [0.15, 0.2) is 61.1 Å². The molecule has 104 valence electrons. The Morgan fingerprint density at radius 3 is 2.67 bits per heavy atom. The molecule has 0 saturated heterocycles. The number of benzene rings is 2. The van der Waals surface area contributed by atoms with Crippen molar-refractivity contribution in [3.8, 4) is 11.1 Å². The van der Waals surface area contributed by atoms with Crippen LogP contribution in [0.25, 0.3) is 11.1 Å². The maximum absolute atomic E-state index is 12.4. The van der Waals surface area contributed by atoms with Gasteiger partial charge in [-0.3, -0.25) is 4.79 Å². The molecule has 21 heavy (non-hydrogen) atoms. The molecule has 4 nitrogen and oxygen atoms in total. The number of aromatic nitrogens is 2. The van der Waals surface area contributed by atoms with Crippen molar-refractivity contribution < 1.29 is 4.79 Å². The standard InChI is InChI=1S/C16H12ClN3O/c17-12-6-7-13(16(21)20-15-9-18-10-19-15)14(8-12)11-4-2-1-3-5-11/h1-10H,(H,18,19)(H,20,21). The quantitative estimate of drug-likeness (QED) is 0.768. The number of anilines is 1. The maximum Gasteiger partial charge on any atom is 0.257 e. The van der Waals surface area contributed by atoms with E-state index >= 15 is 0 Å². The van der Waals surface area contributed by atoms with Gasteiger partial charge in [0.2, 0.25) is 0 Å². The van der Waals surface area contributed by atoms with Crippen molar-refractivity contribution in [1.82, 2.24) is 9.97 Å². The molecule has 2 aromatic carbocycles. The van der Waals surface area contributed by atoms with E-state index in [0.717, 1.165) is 11.1 Å². The highest BCUT2D eigenvalue weighted by molar-refractivity contribution is 6.31. The molecular formula is C16H12ClN3O. The van der Waals surface area contributed by atoms with E-state index in [0.29, 0.717) is 16.4 Å². The minimum Gasteiger partial charge on any atom is -0.331 e. The molecule has 0 unspecified atom stereocenters. The van der Waals surface area contributed by atoms with E-state index in [1.54, 1.807) is 24.4 Å². The molecule has 1 heterocycles. The minimum atomic E-state index is -0.213. The molecule has 3 rings (SSSR count). The van der Waals surface area contributed by atoms with Gasteiger partial charge in [0.05, 0.1) is 12.5 Å². The van der Waals surface area contributed by atoms with Crippen LogP contribution in [0.2, 0.25) is 5.02 Å². The van der Waals surface area contributed by atoms with Crippen LogP contribution < -0.4 is 5.32 Å². The summed E-state index contributed by atoms with van der Waals surface area (Å²) in [7, 11) is 0. The van der Waals surface area contributed by atoms with Crippen molar-refractivity contribution in [2.45, 2.75) is 0 Å². The van der Waals surface area contributed by atoms with Gasteiger partial charge < -0.3 is 10.3 Å². The molecule has 0 radical (unpaired) electrons. The number of aromatic amines is 1. The summed E-state index contributed by atoms with van der Waals surface area (Å²) < 4.78 is 0. The van der Waals surface area contributed by atoms with Crippen LogP contribution >= 0.6 is 11.6 Å². The maximum atomic E-state index is 12.4. The SMILES string of the molecule is O=C(Nc1cnc[nH]1)c1ccc(Cl)cc1-c1ccccc1. The Morgan fingerprint density at radius 1 is 1.14 bits per heavy atom. The topological polar surface area (TPSA) is 57.8 Å². The number of hydrogen-bond donors (Lipinski definition) is 2. The summed E-state index contributed by atoms with van der Waals surface area (Å²) in [6, 6.07) is 14.9. The molecule has 3 aromatic rings. The first kappa shape index (κ1) is 13.4. The third-order valence-corrected chi connectivity index (χ3v) is 3.29. The lowest BCUT2D eigenvalue weighted by Gasteiger charge is -2.10. The van der Waals surface area contributed by atoms with Gasteiger partial charge in [0.15, 0.2) is 0 Å². The highest BCUT2D eigenvalue weighted by atomic mass is 35.5. The predicted molar refractivity (Wildman–Crippen MR) is 83.4 cm³/mol. The van der Waals surface area contributed by atoms with Crippen molar-refractivity contribution in [1.29, 1.82) is 0 Å². The largest absolute Gasteiger partial charge is 0.331 e. The molecule has 0 fully saturated rings. The first-order valence-corrected chi connectivity index (χ1v) is 6.76. The summed E-state index contributed by atoms with van der Waals surface area (Å²) in [5.41, 5.74) is 2.29. The zero-order chi connectivity index (χ0) is 14.7. The summed E-state index contributed by atoms with van der Waals surface area (Å²) >= 11 is 6.07. The molecule has 1 aromatic heterocycles. The fraction of sp³-hybridized carbons (Fsp3) is 0. The Labute approximate surface area is 126 Å². The Hall–Kier alpha value is -2.59. The summed E-state index contributed by atoms with van der Waals surface area (Å²) in [6.45, 7) is 0. The van der Waals surface area contributed by atoms with Crippen molar-refractivity contribution in [2.75, 3.05) is 5.32 Å². The van der Waals surface area contributed by atoms with Crippen LogP contribution in [0.5, 0.6) is 0 Å². The minimum absolute atomic E-state index is 0.213. The van der Waals surface area contributed by atoms with Gasteiger partial charge in [0, 0.05) is 10.6 Å². The van der Waals surface area contributed by atoms with Crippen molar-refractivity contribution in [2.24, 2.45) is 0 Å². The third kappa shape index (κ3) is 2.95. The van der Waals surface area contributed by atoms with E-state index in [1.165, 1.54) is 6.33 Å². The van der Waals surface area contributed by atoms with E-state index in [4.69, 9.17) is 11.6 Å². The van der Waals surface area contributed by atoms with Gasteiger partial charge in [0.25, 0.3) is 5.91 Å². The molecule has 0 aliphatic heterocycles. The Kier molecular flexibility index (Phi) is 3.71. The molecule has 0 aliphatic carbocycles. The zero-order valence-electron chi connectivity index (χ0n) is 11.0. The number of nitrogens with zero attached hydrogens (tertiary/aromatic N) is 1. The second kappa shape index (κ2) is 5.81. The molecule has 0 spiro atoms. The first-order chi connectivity index (χ1) is 10.2. The van der Waals surface area contributed by atoms with Crippen LogP contribution in [0.1, 0.15) is 10.4 Å². The second-order valence-electron chi connectivity index (χ2n) is 4.48. The lowest BCUT2D eigenvalue weighted by atomic mass is 9.99. The molecule has 1 amide bonds. The van der Waals surface area contributed by atoms with Gasteiger partial charge in [-0.25, -0.2) is 4.98 Å². The summed E-state index contributed by atoms with van der Waals surface area (Å²) in [5.74, 6) is 0.337. The number of halogens is 1. The Morgan fingerprint density at radius 2 is 1.95 bits per heavy atom. The van der Waals surface area contributed by atoms with E-state index < -0.39 is 0 Å². The van der Waals surface area contributed by atoms with Crippen molar-refractivity contribution in [3.05, 3.63) is 71.6 Å². The molecular weight excluding hydrogens is 286 g/mol. The summed E-state index contributed by atoms with van der Waals surface area (Å²) in [6.07, 6.45) is 3.06. The van der Waals surface area contributed by atoms with Gasteiger partial charge in [0.1, 0.15) is 5.82 Å². The highest BCUT2D eigenvalue weighted by Crippen LogP contribution is 2.27. The number of amides is 1. The van der Waals surface area contributed by atoms with E-state index in [9.17, 15) is 4.79 Å². The van der Waals surface area contributed by atoms with Crippen LogP contribution in [0.3, 0.4) is 0 Å². The molecule has 5 heteroatoms. The second-order valence-corrected chi connectivity index (χ2v) is 4.91. The van der Waals surface area contributed by atoms with E-state index in [1.807, 2.05) is 30.3 Å². The monoisotopic (exact) mass is 297 g/mol. The summed E-state index contributed by atoms with van der Waals surface area (Å²) in [4.78, 5) is 19.1. The van der Waals surface area contributed by atoms with Crippen LogP contribution in [0, 0.1) is 0 Å². The number of carbonyl (C=O) groups excluding carboxylic acids is 1. The normalized spacial score (nSPS) is 10.3. The van der Waals surface area contributed by atoms with Crippen molar-refractivity contribution in [3.63, 3.8) is 0 Å². The average molecular weight is 298 g/mol. The predicted octanol–water partition coefficient (Wildman–Crippen LogP) is 3.98. The van der Waals surface area contributed by atoms with Gasteiger partial charge in [-0.1, -0.05) is 41.9 Å². The highest BCUT2D eigenvalue weighted by Gasteiger charge is 2.14. The molecule has 0 saturated carbocycles. The summed E-state index contributed by atoms with van der Waals surface area (Å²) in [5, 5.41) is 3.36. The smallest absolute Gasteiger partial charge is 0.257 e. The lowest BCUT2D eigenvalue weighted by Crippen LogP contribution is -2.13. The Bertz CT molecular complexity index is 754.